The van der Waals surface area contributed by atoms with Crippen LogP contribution in [0.4, 0.5) is 0 Å². The van der Waals surface area contributed by atoms with E-state index < -0.39 is 8.53 Å². The molecule has 6 nitrogen and oxygen atoms in total. The standard InChI is InChI=1S/C46H83N2O4P/c1-35(2)23-19-24-38(7)25-20-26-39(8)27-21-29-46(12)30-28-43-42(11)44(40(9)41(10)45(43)52-46)49-32-17-15-13-14-16-18-33-50-53(51-34-22-31-47)48(36(3)4)37(5)6/h35-39H,13-30,32-34H2,1-12H3/t38-,39-,46-,53?/m1/s1. The molecule has 0 aromatic heterocycles. The van der Waals surface area contributed by atoms with E-state index in [0.29, 0.717) is 31.7 Å². The molecule has 0 saturated heterocycles. The zero-order valence-electron chi connectivity index (χ0n) is 36.7. The highest BCUT2D eigenvalue weighted by molar-refractivity contribution is 7.44. The molecule has 0 radical (unpaired) electrons. The molecular weight excluding hydrogens is 675 g/mol. The third-order valence-corrected chi connectivity index (χ3v) is 13.6. The largest absolute Gasteiger partial charge is 0.493 e. The van der Waals surface area contributed by atoms with Gasteiger partial charge in [-0.05, 0) is 128 Å². The fraction of sp³-hybridized carbons (Fsp3) is 0.848. The van der Waals surface area contributed by atoms with Gasteiger partial charge in [0.15, 0.2) is 0 Å². The minimum Gasteiger partial charge on any atom is -0.493 e. The van der Waals surface area contributed by atoms with Gasteiger partial charge < -0.3 is 18.5 Å². The van der Waals surface area contributed by atoms with E-state index in [1.54, 1.807) is 0 Å². The number of rotatable bonds is 29. The third kappa shape index (κ3) is 17.5. The predicted octanol–water partition coefficient (Wildman–Crippen LogP) is 14.1. The molecule has 1 aromatic rings. The summed E-state index contributed by atoms with van der Waals surface area (Å²) in [4.78, 5) is 0. The summed E-state index contributed by atoms with van der Waals surface area (Å²) in [7, 11) is -1.14. The van der Waals surface area contributed by atoms with E-state index in [4.69, 9.17) is 23.8 Å². The second-order valence-electron chi connectivity index (χ2n) is 17.8. The number of hydrogen-bond donors (Lipinski definition) is 0. The normalized spacial score (nSPS) is 17.6. The molecule has 1 aromatic carbocycles. The molecule has 0 amide bonds. The summed E-state index contributed by atoms with van der Waals surface area (Å²) in [6.07, 6.45) is 21.4. The van der Waals surface area contributed by atoms with Crippen molar-refractivity contribution in [1.29, 1.82) is 5.26 Å². The van der Waals surface area contributed by atoms with Gasteiger partial charge in [0.25, 0.3) is 8.53 Å². The van der Waals surface area contributed by atoms with Gasteiger partial charge in [-0.15, -0.1) is 0 Å². The fourth-order valence-corrected chi connectivity index (χ4v) is 9.65. The lowest BCUT2D eigenvalue weighted by Crippen LogP contribution is -2.37. The number of benzene rings is 1. The van der Waals surface area contributed by atoms with Crippen LogP contribution in [-0.4, -0.2) is 42.2 Å². The smallest absolute Gasteiger partial charge is 0.259 e. The average molecular weight is 759 g/mol. The Kier molecular flexibility index (Phi) is 23.2. The lowest BCUT2D eigenvalue weighted by molar-refractivity contribution is 0.0511. The fourth-order valence-electron chi connectivity index (χ4n) is 8.02. The van der Waals surface area contributed by atoms with E-state index in [9.17, 15) is 0 Å². The van der Waals surface area contributed by atoms with E-state index in [1.165, 1.54) is 92.9 Å². The highest BCUT2D eigenvalue weighted by atomic mass is 31.2. The summed E-state index contributed by atoms with van der Waals surface area (Å²) in [5.74, 6) is 4.73. The Balaban J connectivity index is 1.72. The summed E-state index contributed by atoms with van der Waals surface area (Å²) in [6.45, 7) is 29.2. The second kappa shape index (κ2) is 25.7. The molecule has 0 saturated carbocycles. The molecular formula is C46H83N2O4P. The maximum atomic E-state index is 8.93. The van der Waals surface area contributed by atoms with E-state index in [1.807, 2.05) is 0 Å². The molecule has 53 heavy (non-hydrogen) atoms. The Hall–Kier alpha value is -1.38. The summed E-state index contributed by atoms with van der Waals surface area (Å²) >= 11 is 0. The molecule has 7 heteroatoms. The van der Waals surface area contributed by atoms with Crippen molar-refractivity contribution in [3.63, 3.8) is 0 Å². The van der Waals surface area contributed by atoms with Gasteiger partial charge in [0, 0.05) is 17.6 Å². The molecule has 2 rings (SSSR count). The van der Waals surface area contributed by atoms with Gasteiger partial charge in [0.05, 0.1) is 32.3 Å². The van der Waals surface area contributed by atoms with Gasteiger partial charge in [0.2, 0.25) is 0 Å². The van der Waals surface area contributed by atoms with Crippen LogP contribution in [0.2, 0.25) is 0 Å². The summed E-state index contributed by atoms with van der Waals surface area (Å²) in [6, 6.07) is 2.84. The maximum absolute atomic E-state index is 8.93. The Morgan fingerprint density at radius 3 is 1.83 bits per heavy atom. The Labute approximate surface area is 329 Å². The first kappa shape index (κ1) is 47.8. The van der Waals surface area contributed by atoms with Crippen molar-refractivity contribution in [3.05, 3.63) is 22.3 Å². The SMILES string of the molecule is Cc1c(C)c2c(c(C)c1OCCCCCCCCOP(OCCC#N)N(C(C)C)C(C)C)CC[C@@](C)(CCC[C@H](C)CCC[C@H](C)CCCC(C)C)O2. The molecule has 1 unspecified atom stereocenters. The minimum atomic E-state index is -1.14. The zero-order chi connectivity index (χ0) is 39.4. The van der Waals surface area contributed by atoms with Gasteiger partial charge in [-0.2, -0.15) is 5.26 Å². The summed E-state index contributed by atoms with van der Waals surface area (Å²) in [5.41, 5.74) is 5.06. The summed E-state index contributed by atoms with van der Waals surface area (Å²) in [5, 5.41) is 8.93. The van der Waals surface area contributed by atoms with Gasteiger partial charge >= 0.3 is 0 Å². The number of nitriles is 1. The highest BCUT2D eigenvalue weighted by Gasteiger charge is 2.34. The molecule has 0 bridgehead atoms. The van der Waals surface area contributed by atoms with Crippen LogP contribution in [0.5, 0.6) is 11.5 Å². The van der Waals surface area contributed by atoms with Crippen LogP contribution in [0, 0.1) is 49.9 Å². The molecule has 0 spiro atoms. The van der Waals surface area contributed by atoms with Crippen molar-refractivity contribution >= 4 is 8.53 Å². The second-order valence-corrected chi connectivity index (χ2v) is 19.2. The lowest BCUT2D eigenvalue weighted by atomic mass is 9.83. The van der Waals surface area contributed by atoms with Crippen molar-refractivity contribution in [2.24, 2.45) is 17.8 Å². The Morgan fingerprint density at radius 2 is 1.25 bits per heavy atom. The highest BCUT2D eigenvalue weighted by Crippen LogP contribution is 2.47. The van der Waals surface area contributed by atoms with Crippen LogP contribution in [-0.2, 0) is 15.5 Å². The third-order valence-electron chi connectivity index (χ3n) is 11.5. The topological polar surface area (TPSA) is 64.0 Å². The number of fused-ring (bicyclic) bond motifs is 1. The maximum Gasteiger partial charge on any atom is 0.259 e. The van der Waals surface area contributed by atoms with Crippen LogP contribution in [0.1, 0.15) is 194 Å². The molecule has 4 atom stereocenters. The van der Waals surface area contributed by atoms with Gasteiger partial charge in [-0.1, -0.05) is 98.3 Å². The lowest BCUT2D eigenvalue weighted by Gasteiger charge is -2.38. The molecule has 1 aliphatic heterocycles. The molecule has 1 heterocycles. The molecule has 306 valence electrons. The number of nitrogens with zero attached hydrogens (tertiary/aromatic N) is 2. The summed E-state index contributed by atoms with van der Waals surface area (Å²) < 4.78 is 27.9. The predicted molar refractivity (Wildman–Crippen MR) is 227 cm³/mol. The van der Waals surface area contributed by atoms with Crippen molar-refractivity contribution in [2.45, 2.75) is 216 Å². The monoisotopic (exact) mass is 759 g/mol. The number of unbranched alkanes of at least 4 members (excludes halogenated alkanes) is 5. The van der Waals surface area contributed by atoms with Crippen LogP contribution in [0.15, 0.2) is 0 Å². The van der Waals surface area contributed by atoms with Crippen molar-refractivity contribution in [2.75, 3.05) is 19.8 Å². The van der Waals surface area contributed by atoms with E-state index in [-0.39, 0.29) is 5.60 Å². The zero-order valence-corrected chi connectivity index (χ0v) is 37.6. The first-order chi connectivity index (χ1) is 25.2. The van der Waals surface area contributed by atoms with E-state index >= 15 is 0 Å². The Morgan fingerprint density at radius 1 is 0.698 bits per heavy atom. The first-order valence-corrected chi connectivity index (χ1v) is 23.0. The Bertz CT molecular complexity index is 1190. The molecule has 0 fully saturated rings. The molecule has 0 aliphatic carbocycles. The van der Waals surface area contributed by atoms with Gasteiger partial charge in [0.1, 0.15) is 17.1 Å². The minimum absolute atomic E-state index is 0.0767. The molecule has 0 N–H and O–H groups in total. The van der Waals surface area contributed by atoms with Gasteiger partial charge in [-0.25, -0.2) is 4.67 Å². The first-order valence-electron chi connectivity index (χ1n) is 21.9. The van der Waals surface area contributed by atoms with Crippen molar-refractivity contribution in [1.82, 2.24) is 4.67 Å². The van der Waals surface area contributed by atoms with Crippen LogP contribution in [0.25, 0.3) is 0 Å². The molecule has 1 aliphatic rings. The van der Waals surface area contributed by atoms with E-state index in [0.717, 1.165) is 74.4 Å². The van der Waals surface area contributed by atoms with Gasteiger partial charge in [-0.3, -0.25) is 0 Å². The average Bonchev–Trinajstić information content (AvgIpc) is 3.08. The van der Waals surface area contributed by atoms with Crippen LogP contribution < -0.4 is 9.47 Å². The van der Waals surface area contributed by atoms with Crippen molar-refractivity contribution in [3.8, 4) is 17.6 Å². The van der Waals surface area contributed by atoms with Crippen LogP contribution in [0.3, 0.4) is 0 Å². The van der Waals surface area contributed by atoms with E-state index in [2.05, 4.69) is 93.8 Å². The van der Waals surface area contributed by atoms with Crippen LogP contribution >= 0.6 is 8.53 Å². The quantitative estimate of drug-likeness (QED) is 0.0599. The van der Waals surface area contributed by atoms with Crippen molar-refractivity contribution < 1.29 is 18.5 Å². The number of hydrogen-bond acceptors (Lipinski definition) is 6. The number of ether oxygens (including phenoxy) is 2.